The average molecular weight is 296 g/mol. The summed E-state index contributed by atoms with van der Waals surface area (Å²) < 4.78 is 11.6. The summed E-state index contributed by atoms with van der Waals surface area (Å²) in [5.74, 6) is 0.124. The first kappa shape index (κ1) is 14.2. The Bertz CT molecular complexity index is 574. The highest BCUT2D eigenvalue weighted by molar-refractivity contribution is 7.84. The minimum Gasteiger partial charge on any atom is -0.379 e. The summed E-state index contributed by atoms with van der Waals surface area (Å²) in [5.41, 5.74) is 0.0333. The van der Waals surface area contributed by atoms with Crippen LogP contribution in [-0.2, 0) is 16.4 Å². The molecule has 2 aromatic rings. The SMILES string of the molecule is C[S@](=O)C[C@](O)(c1ccncc1)c1ccc(Cl)cc1. The van der Waals surface area contributed by atoms with Crippen molar-refractivity contribution in [2.75, 3.05) is 12.0 Å². The van der Waals surface area contributed by atoms with E-state index in [-0.39, 0.29) is 5.75 Å². The van der Waals surface area contributed by atoms with Crippen LogP contribution in [0.5, 0.6) is 0 Å². The van der Waals surface area contributed by atoms with Gasteiger partial charge in [-0.05, 0) is 35.4 Å². The fourth-order valence-corrected chi connectivity index (χ4v) is 3.03. The molecular weight excluding hydrogens is 282 g/mol. The van der Waals surface area contributed by atoms with Crippen molar-refractivity contribution < 1.29 is 9.32 Å². The van der Waals surface area contributed by atoms with Crippen molar-refractivity contribution in [3.8, 4) is 0 Å². The molecule has 1 aromatic carbocycles. The van der Waals surface area contributed by atoms with Gasteiger partial charge in [0.05, 0.1) is 5.75 Å². The van der Waals surface area contributed by atoms with Gasteiger partial charge in [0.15, 0.2) is 0 Å². The van der Waals surface area contributed by atoms with Crippen LogP contribution in [0.1, 0.15) is 11.1 Å². The zero-order chi connectivity index (χ0) is 13.9. The second kappa shape index (κ2) is 5.82. The maximum absolute atomic E-state index is 11.6. The number of rotatable bonds is 4. The molecule has 0 aliphatic heterocycles. The second-order valence-electron chi connectivity index (χ2n) is 4.32. The van der Waals surface area contributed by atoms with Crippen LogP contribution in [-0.4, -0.2) is 26.3 Å². The van der Waals surface area contributed by atoms with E-state index in [0.29, 0.717) is 16.1 Å². The summed E-state index contributed by atoms with van der Waals surface area (Å²) in [6.45, 7) is 0. The first-order valence-electron chi connectivity index (χ1n) is 5.71. The molecule has 0 fully saturated rings. The van der Waals surface area contributed by atoms with E-state index in [1.807, 2.05) is 0 Å². The number of pyridine rings is 1. The van der Waals surface area contributed by atoms with E-state index >= 15 is 0 Å². The second-order valence-corrected chi connectivity index (χ2v) is 6.19. The first-order chi connectivity index (χ1) is 9.02. The third-order valence-electron chi connectivity index (χ3n) is 2.89. The molecule has 0 radical (unpaired) electrons. The van der Waals surface area contributed by atoms with Crippen molar-refractivity contribution in [2.24, 2.45) is 0 Å². The normalized spacial score (nSPS) is 15.7. The molecular formula is C14H14ClNO2S. The van der Waals surface area contributed by atoms with Crippen molar-refractivity contribution in [3.63, 3.8) is 0 Å². The Morgan fingerprint density at radius 2 is 1.68 bits per heavy atom. The zero-order valence-electron chi connectivity index (χ0n) is 10.4. The summed E-state index contributed by atoms with van der Waals surface area (Å²) in [6, 6.07) is 10.4. The summed E-state index contributed by atoms with van der Waals surface area (Å²) in [4.78, 5) is 3.94. The van der Waals surface area contributed by atoms with Crippen LogP contribution >= 0.6 is 11.6 Å². The van der Waals surface area contributed by atoms with Gasteiger partial charge in [0.2, 0.25) is 0 Å². The van der Waals surface area contributed by atoms with E-state index in [1.165, 1.54) is 0 Å². The minimum absolute atomic E-state index is 0.124. The Balaban J connectivity index is 2.51. The molecule has 0 spiro atoms. The van der Waals surface area contributed by atoms with Crippen molar-refractivity contribution >= 4 is 22.4 Å². The maximum atomic E-state index is 11.6. The number of hydrogen-bond donors (Lipinski definition) is 1. The molecule has 0 aliphatic rings. The van der Waals surface area contributed by atoms with Gasteiger partial charge >= 0.3 is 0 Å². The largest absolute Gasteiger partial charge is 0.379 e. The van der Waals surface area contributed by atoms with Gasteiger partial charge in [-0.1, -0.05) is 23.7 Å². The summed E-state index contributed by atoms with van der Waals surface area (Å²) in [7, 11) is -1.14. The molecule has 1 aromatic heterocycles. The molecule has 3 nitrogen and oxygen atoms in total. The predicted molar refractivity (Wildman–Crippen MR) is 77.6 cm³/mol. The lowest BCUT2D eigenvalue weighted by molar-refractivity contribution is 0.106. The summed E-state index contributed by atoms with van der Waals surface area (Å²) in [5, 5.41) is 11.5. The maximum Gasteiger partial charge on any atom is 0.126 e. The topological polar surface area (TPSA) is 50.2 Å². The molecule has 0 saturated carbocycles. The minimum atomic E-state index is -1.30. The molecule has 0 bridgehead atoms. The molecule has 100 valence electrons. The molecule has 0 unspecified atom stereocenters. The third-order valence-corrected chi connectivity index (χ3v) is 3.97. The Labute approximate surface area is 119 Å². The predicted octanol–water partition coefficient (Wildman–Crippen LogP) is 2.35. The molecule has 5 heteroatoms. The van der Waals surface area contributed by atoms with Gasteiger partial charge < -0.3 is 5.11 Å². The lowest BCUT2D eigenvalue weighted by atomic mass is 9.89. The fraction of sp³-hybridized carbons (Fsp3) is 0.214. The molecule has 2 rings (SSSR count). The number of aliphatic hydroxyl groups is 1. The van der Waals surface area contributed by atoms with Crippen LogP contribution in [0.25, 0.3) is 0 Å². The number of benzene rings is 1. The van der Waals surface area contributed by atoms with Gasteiger partial charge in [-0.3, -0.25) is 9.19 Å². The molecule has 1 N–H and O–H groups in total. The Morgan fingerprint density at radius 3 is 2.21 bits per heavy atom. The highest BCUT2D eigenvalue weighted by Gasteiger charge is 2.32. The highest BCUT2D eigenvalue weighted by Crippen LogP contribution is 2.30. The Kier molecular flexibility index (Phi) is 4.34. The van der Waals surface area contributed by atoms with E-state index in [9.17, 15) is 9.32 Å². The van der Waals surface area contributed by atoms with Gasteiger partial charge in [0.25, 0.3) is 0 Å². The van der Waals surface area contributed by atoms with E-state index < -0.39 is 16.4 Å². The molecule has 19 heavy (non-hydrogen) atoms. The van der Waals surface area contributed by atoms with Gasteiger partial charge in [-0.15, -0.1) is 0 Å². The fourth-order valence-electron chi connectivity index (χ4n) is 1.98. The Morgan fingerprint density at radius 1 is 1.16 bits per heavy atom. The summed E-state index contributed by atoms with van der Waals surface area (Å²) >= 11 is 5.86. The smallest absolute Gasteiger partial charge is 0.126 e. The first-order valence-corrected chi connectivity index (χ1v) is 7.82. The highest BCUT2D eigenvalue weighted by atomic mass is 35.5. The standard InChI is InChI=1S/C14H14ClNO2S/c1-19(18)10-14(17,12-6-8-16-9-7-12)11-2-4-13(15)5-3-11/h2-9,17H,10H2,1H3/t14-,19+/m1/s1. The monoisotopic (exact) mass is 295 g/mol. The number of nitrogens with zero attached hydrogens (tertiary/aromatic N) is 1. The molecule has 0 saturated heterocycles. The average Bonchev–Trinajstić information content (AvgIpc) is 2.39. The van der Waals surface area contributed by atoms with Crippen LogP contribution in [0.4, 0.5) is 0 Å². The molecule has 2 atom stereocenters. The number of hydrogen-bond acceptors (Lipinski definition) is 3. The molecule has 0 amide bonds. The van der Waals surface area contributed by atoms with Gasteiger partial charge in [-0.2, -0.15) is 0 Å². The van der Waals surface area contributed by atoms with Crippen LogP contribution in [0, 0.1) is 0 Å². The van der Waals surface area contributed by atoms with Gasteiger partial charge in [0.1, 0.15) is 5.60 Å². The number of aromatic nitrogens is 1. The van der Waals surface area contributed by atoms with Crippen LogP contribution in [0.15, 0.2) is 48.8 Å². The van der Waals surface area contributed by atoms with E-state index in [1.54, 1.807) is 55.0 Å². The molecule has 1 heterocycles. The van der Waals surface area contributed by atoms with E-state index in [0.717, 1.165) is 0 Å². The van der Waals surface area contributed by atoms with Crippen molar-refractivity contribution in [2.45, 2.75) is 5.60 Å². The van der Waals surface area contributed by atoms with Crippen LogP contribution in [0.3, 0.4) is 0 Å². The lowest BCUT2D eigenvalue weighted by Gasteiger charge is -2.28. The van der Waals surface area contributed by atoms with Crippen molar-refractivity contribution in [1.82, 2.24) is 4.98 Å². The van der Waals surface area contributed by atoms with Crippen molar-refractivity contribution in [3.05, 3.63) is 64.9 Å². The van der Waals surface area contributed by atoms with E-state index in [2.05, 4.69) is 4.98 Å². The number of halogens is 1. The molecule has 0 aliphatic carbocycles. The Hall–Kier alpha value is -1.23. The lowest BCUT2D eigenvalue weighted by Crippen LogP contribution is -2.33. The van der Waals surface area contributed by atoms with Gasteiger partial charge in [-0.25, -0.2) is 0 Å². The van der Waals surface area contributed by atoms with Gasteiger partial charge in [0, 0.05) is 34.5 Å². The third kappa shape index (κ3) is 3.21. The van der Waals surface area contributed by atoms with E-state index in [4.69, 9.17) is 11.6 Å². The quantitative estimate of drug-likeness (QED) is 0.942. The zero-order valence-corrected chi connectivity index (χ0v) is 12.0. The van der Waals surface area contributed by atoms with Crippen molar-refractivity contribution in [1.29, 1.82) is 0 Å². The van der Waals surface area contributed by atoms with Crippen LogP contribution < -0.4 is 0 Å². The summed E-state index contributed by atoms with van der Waals surface area (Å²) in [6.07, 6.45) is 4.78. The van der Waals surface area contributed by atoms with Crippen LogP contribution in [0.2, 0.25) is 5.02 Å².